The van der Waals surface area contributed by atoms with Crippen LogP contribution in [0.3, 0.4) is 0 Å². The molecule has 49 heavy (non-hydrogen) atoms. The van der Waals surface area contributed by atoms with Crippen LogP contribution in [0.4, 0.5) is 0 Å². The summed E-state index contributed by atoms with van der Waals surface area (Å²) in [5.74, 6) is 0. The van der Waals surface area contributed by atoms with Gasteiger partial charge >= 0.3 is 292 Å². The van der Waals surface area contributed by atoms with Gasteiger partial charge in [-0.3, -0.25) is 0 Å². The van der Waals surface area contributed by atoms with Gasteiger partial charge in [-0.1, -0.05) is 0 Å². The maximum Gasteiger partial charge on any atom is -1.00 e. The van der Waals surface area contributed by atoms with Gasteiger partial charge in [-0.2, -0.15) is 0 Å². The van der Waals surface area contributed by atoms with Gasteiger partial charge in [0.05, 0.1) is 0 Å². The molecule has 2 unspecified atom stereocenters. The third-order valence-corrected chi connectivity index (χ3v) is 25.6. The number of fused-ring (bicyclic) bond motifs is 2. The van der Waals surface area contributed by atoms with Gasteiger partial charge in [0, 0.05) is 0 Å². The van der Waals surface area contributed by atoms with Crippen molar-refractivity contribution in [3.05, 3.63) is 127 Å². The zero-order valence-corrected chi connectivity index (χ0v) is 35.0. The molecule has 2 aliphatic carbocycles. The molecule has 0 spiro atoms. The average molecular weight is 769 g/mol. The fourth-order valence-corrected chi connectivity index (χ4v) is 27.7. The second kappa shape index (κ2) is 15.2. The van der Waals surface area contributed by atoms with Gasteiger partial charge in [-0.25, -0.2) is 0 Å². The van der Waals surface area contributed by atoms with Crippen molar-refractivity contribution >= 4 is 12.2 Å². The molecular formula is C46H54Cl2Zr. The van der Waals surface area contributed by atoms with E-state index in [1.165, 1.54) is 91.3 Å². The van der Waals surface area contributed by atoms with E-state index in [9.17, 15) is 0 Å². The molecule has 256 valence electrons. The third-order valence-electron chi connectivity index (χ3n) is 12.6. The molecule has 0 nitrogen and oxygen atoms in total. The molecule has 0 N–H and O–H groups in total. The Balaban J connectivity index is 0.00000234. The summed E-state index contributed by atoms with van der Waals surface area (Å²) in [7, 11) is 0. The number of hydrogen-bond donors (Lipinski definition) is 0. The predicted molar refractivity (Wildman–Crippen MR) is 202 cm³/mol. The van der Waals surface area contributed by atoms with Crippen molar-refractivity contribution in [2.45, 2.75) is 109 Å². The van der Waals surface area contributed by atoms with E-state index in [2.05, 4.69) is 128 Å². The molecule has 1 heterocycles. The van der Waals surface area contributed by atoms with Gasteiger partial charge in [0.1, 0.15) is 0 Å². The molecule has 0 aromatic heterocycles. The molecule has 0 amide bonds. The molecule has 0 saturated carbocycles. The van der Waals surface area contributed by atoms with Crippen molar-refractivity contribution in [1.82, 2.24) is 0 Å². The van der Waals surface area contributed by atoms with E-state index >= 15 is 0 Å². The summed E-state index contributed by atoms with van der Waals surface area (Å²) in [5.41, 5.74) is 25.2. The van der Waals surface area contributed by atoms with Gasteiger partial charge < -0.3 is 24.8 Å². The van der Waals surface area contributed by atoms with Gasteiger partial charge in [0.2, 0.25) is 0 Å². The van der Waals surface area contributed by atoms with Crippen LogP contribution in [0.15, 0.2) is 71.8 Å². The number of allylic oxidation sites excluding steroid dienone is 2. The summed E-state index contributed by atoms with van der Waals surface area (Å²) in [4.78, 5) is 0. The largest absolute Gasteiger partial charge is 1.00 e. The Kier molecular flexibility index (Phi) is 11.8. The summed E-state index contributed by atoms with van der Waals surface area (Å²) >= 11 is -2.91. The molecule has 3 heteroatoms. The molecule has 1 saturated heterocycles. The normalized spacial score (nSPS) is 17.6. The number of rotatable bonds is 10. The summed E-state index contributed by atoms with van der Waals surface area (Å²) in [6.45, 7) is 19.3. The smallest absolute Gasteiger partial charge is 1.00 e. The first-order valence-corrected chi connectivity index (χ1v) is 24.9. The van der Waals surface area contributed by atoms with Crippen LogP contribution in [0.5, 0.6) is 0 Å². The van der Waals surface area contributed by atoms with E-state index < -0.39 is 20.3 Å². The molecule has 1 fully saturated rings. The number of benzene rings is 4. The van der Waals surface area contributed by atoms with E-state index in [0.29, 0.717) is 7.25 Å². The number of unbranched alkanes of at least 4 members (excludes halogenated alkanes) is 2. The van der Waals surface area contributed by atoms with Crippen LogP contribution in [0.25, 0.3) is 34.4 Å². The summed E-state index contributed by atoms with van der Waals surface area (Å²) in [5, 5.41) is 0. The summed E-state index contributed by atoms with van der Waals surface area (Å²) in [6.07, 6.45) is 13.1. The Morgan fingerprint density at radius 1 is 0.510 bits per heavy atom. The molecule has 2 atom stereocenters. The molecular weight excluding hydrogens is 715 g/mol. The van der Waals surface area contributed by atoms with Crippen LogP contribution in [0.2, 0.25) is 8.26 Å². The summed E-state index contributed by atoms with van der Waals surface area (Å²) in [6, 6.07) is 22.6. The van der Waals surface area contributed by atoms with Crippen LogP contribution >= 0.6 is 0 Å². The quantitative estimate of drug-likeness (QED) is 0.154. The van der Waals surface area contributed by atoms with Crippen molar-refractivity contribution < 1.29 is 45.1 Å². The molecule has 3 aliphatic rings. The van der Waals surface area contributed by atoms with E-state index in [0.717, 1.165) is 0 Å². The maximum absolute atomic E-state index is 2.91. The van der Waals surface area contributed by atoms with Crippen molar-refractivity contribution in [2.75, 3.05) is 0 Å². The zero-order valence-electron chi connectivity index (χ0n) is 31.0. The van der Waals surface area contributed by atoms with E-state index in [4.69, 9.17) is 0 Å². The van der Waals surface area contributed by atoms with Crippen molar-refractivity contribution in [2.24, 2.45) is 0 Å². The molecule has 4 aromatic carbocycles. The van der Waals surface area contributed by atoms with E-state index in [1.54, 1.807) is 44.5 Å². The topological polar surface area (TPSA) is 0 Å². The van der Waals surface area contributed by atoms with Crippen LogP contribution < -0.4 is 24.8 Å². The Morgan fingerprint density at radius 3 is 1.20 bits per heavy atom. The Morgan fingerprint density at radius 2 is 0.878 bits per heavy atom. The Bertz CT molecular complexity index is 1770. The Hall–Kier alpha value is -2.18. The Labute approximate surface area is 314 Å². The first kappa shape index (κ1) is 38.1. The predicted octanol–water partition coefficient (Wildman–Crippen LogP) is 7.84. The first-order chi connectivity index (χ1) is 22.7. The minimum Gasteiger partial charge on any atom is -1.00 e. The van der Waals surface area contributed by atoms with Crippen molar-refractivity contribution in [3.8, 4) is 22.3 Å². The van der Waals surface area contributed by atoms with Gasteiger partial charge in [0.25, 0.3) is 0 Å². The molecule has 0 bridgehead atoms. The molecule has 4 aromatic rings. The second-order valence-electron chi connectivity index (χ2n) is 15.1. The van der Waals surface area contributed by atoms with Crippen molar-refractivity contribution in [3.63, 3.8) is 0 Å². The molecule has 1 aliphatic heterocycles. The van der Waals surface area contributed by atoms with Crippen LogP contribution in [0, 0.1) is 41.5 Å². The van der Waals surface area contributed by atoms with E-state index in [1.807, 2.05) is 0 Å². The van der Waals surface area contributed by atoms with Crippen LogP contribution in [0.1, 0.15) is 115 Å². The number of halogens is 2. The van der Waals surface area contributed by atoms with Gasteiger partial charge in [-0.15, -0.1) is 0 Å². The third kappa shape index (κ3) is 6.23. The van der Waals surface area contributed by atoms with E-state index in [-0.39, 0.29) is 24.8 Å². The fraction of sp³-hybridized carbons (Fsp3) is 0.391. The minimum absolute atomic E-state index is 0. The van der Waals surface area contributed by atoms with Crippen LogP contribution in [-0.2, 0) is 20.3 Å². The van der Waals surface area contributed by atoms with Crippen LogP contribution in [-0.4, -0.2) is 0 Å². The molecule has 0 radical (unpaired) electrons. The summed E-state index contributed by atoms with van der Waals surface area (Å²) < 4.78 is 4.43. The zero-order chi connectivity index (χ0) is 33.0. The van der Waals surface area contributed by atoms with Crippen molar-refractivity contribution in [1.29, 1.82) is 0 Å². The monoisotopic (exact) mass is 766 g/mol. The van der Waals surface area contributed by atoms with Gasteiger partial charge in [-0.05, 0) is 0 Å². The number of hydrogen-bond acceptors (Lipinski definition) is 0. The minimum atomic E-state index is -2.91. The maximum atomic E-state index is 2.74. The van der Waals surface area contributed by atoms with Gasteiger partial charge in [0.15, 0.2) is 0 Å². The SMILES string of the molecule is CCCCC1=Cc2c(-c3ccccc3)c(C)c(C)c(C)c2[CH]1[Zr+2]1([CH]2C(CCCC)=Cc3c(-c4ccccc4)c(C)c(C)c(C)c32)[CH2][CH2]1.[Cl-].[Cl-]. The fourth-order valence-electron chi connectivity index (χ4n) is 9.72. The second-order valence-corrected chi connectivity index (χ2v) is 26.5. The average Bonchev–Trinajstić information content (AvgIpc) is 3.65. The standard InChI is InChI=1S/2C22H25.C2H4.2ClH.Zr/c2*1-5-6-10-18-13-20-16(3)15(2)17(4)22(21(20)14-18)19-11-8-7-9-12-19;1-2;;;/h2*7-9,11-14H,5-6,10H2,1-4H3;1-2H2;2*1H;/q;;;;;+2/p-2. The molecule has 7 rings (SSSR count). The first-order valence-electron chi connectivity index (χ1n) is 18.5.